The third kappa shape index (κ3) is 2.39. The summed E-state index contributed by atoms with van der Waals surface area (Å²) >= 11 is 0. The maximum absolute atomic E-state index is 4.75. The van der Waals surface area contributed by atoms with E-state index in [0.29, 0.717) is 0 Å². The molecule has 0 amide bonds. The van der Waals surface area contributed by atoms with Crippen molar-refractivity contribution in [2.75, 3.05) is 25.0 Å². The van der Waals surface area contributed by atoms with E-state index in [0.717, 1.165) is 24.8 Å². The van der Waals surface area contributed by atoms with E-state index in [1.165, 1.54) is 56.6 Å². The van der Waals surface area contributed by atoms with Crippen LogP contribution >= 0.6 is 0 Å². The highest BCUT2D eigenvalue weighted by Gasteiger charge is 2.18. The van der Waals surface area contributed by atoms with Gasteiger partial charge in [-0.1, -0.05) is 0 Å². The van der Waals surface area contributed by atoms with Crippen LogP contribution in [0.4, 0.5) is 5.95 Å². The highest BCUT2D eigenvalue weighted by atomic mass is 15.2. The molecule has 0 radical (unpaired) electrons. The van der Waals surface area contributed by atoms with Gasteiger partial charge in [0.15, 0.2) is 0 Å². The van der Waals surface area contributed by atoms with Gasteiger partial charge in [0.25, 0.3) is 0 Å². The Morgan fingerprint density at radius 1 is 1.39 bits per heavy atom. The lowest BCUT2D eigenvalue weighted by atomic mass is 10.0. The molecule has 0 aromatic carbocycles. The van der Waals surface area contributed by atoms with Crippen LogP contribution in [0, 0.1) is 5.92 Å². The molecule has 0 saturated carbocycles. The average Bonchev–Trinajstić information content (AvgIpc) is 3.00. The molecule has 18 heavy (non-hydrogen) atoms. The Bertz CT molecular complexity index is 404. The van der Waals surface area contributed by atoms with Gasteiger partial charge in [-0.25, -0.2) is 4.98 Å². The third-order valence-electron chi connectivity index (χ3n) is 4.37. The molecule has 1 unspecified atom stereocenters. The molecule has 4 nitrogen and oxygen atoms in total. The Morgan fingerprint density at radius 3 is 3.06 bits per heavy atom. The number of anilines is 1. The summed E-state index contributed by atoms with van der Waals surface area (Å²) in [6.07, 6.45) is 7.57. The normalized spacial score (nSPS) is 23.1. The number of hydrogen-bond donors (Lipinski definition) is 2. The molecule has 1 aromatic heterocycles. The lowest BCUT2D eigenvalue weighted by Gasteiger charge is -2.12. The number of aromatic nitrogens is 2. The summed E-state index contributed by atoms with van der Waals surface area (Å²) in [5, 5.41) is 6.94. The van der Waals surface area contributed by atoms with Gasteiger partial charge in [0.2, 0.25) is 5.95 Å². The van der Waals surface area contributed by atoms with Gasteiger partial charge in [0, 0.05) is 19.3 Å². The molecule has 2 heterocycles. The van der Waals surface area contributed by atoms with Crippen LogP contribution in [0.2, 0.25) is 0 Å². The maximum atomic E-state index is 4.75. The van der Waals surface area contributed by atoms with Gasteiger partial charge < -0.3 is 15.2 Å². The predicted octanol–water partition coefficient (Wildman–Crippen LogP) is 1.71. The van der Waals surface area contributed by atoms with Crippen LogP contribution in [-0.2, 0) is 19.9 Å². The smallest absolute Gasteiger partial charge is 0.203 e. The van der Waals surface area contributed by atoms with Crippen LogP contribution in [0.25, 0.3) is 0 Å². The zero-order valence-corrected chi connectivity index (χ0v) is 11.3. The van der Waals surface area contributed by atoms with Gasteiger partial charge in [-0.2, -0.15) is 0 Å². The first-order valence-corrected chi connectivity index (χ1v) is 7.33. The molecular formula is C14H24N4. The lowest BCUT2D eigenvalue weighted by molar-refractivity contribution is 0.547. The van der Waals surface area contributed by atoms with E-state index in [-0.39, 0.29) is 0 Å². The number of aryl methyl sites for hydroxylation is 1. The van der Waals surface area contributed by atoms with E-state index in [2.05, 4.69) is 22.2 Å². The number of imidazole rings is 1. The van der Waals surface area contributed by atoms with Crippen LogP contribution in [0.5, 0.6) is 0 Å². The van der Waals surface area contributed by atoms with Crippen LogP contribution in [-0.4, -0.2) is 29.2 Å². The van der Waals surface area contributed by atoms with Crippen LogP contribution in [0.3, 0.4) is 0 Å². The number of rotatable bonds is 4. The van der Waals surface area contributed by atoms with Crippen LogP contribution in [0.1, 0.15) is 37.1 Å². The molecule has 3 rings (SSSR count). The van der Waals surface area contributed by atoms with Crippen molar-refractivity contribution < 1.29 is 0 Å². The van der Waals surface area contributed by atoms with Gasteiger partial charge in [0.05, 0.1) is 5.69 Å². The van der Waals surface area contributed by atoms with E-state index in [1.54, 1.807) is 0 Å². The van der Waals surface area contributed by atoms with Crippen molar-refractivity contribution in [3.05, 3.63) is 11.4 Å². The molecule has 1 aliphatic heterocycles. The first-order valence-electron chi connectivity index (χ1n) is 7.33. The molecule has 2 aliphatic rings. The Balaban J connectivity index is 1.57. The summed E-state index contributed by atoms with van der Waals surface area (Å²) in [5.41, 5.74) is 2.78. The average molecular weight is 248 g/mol. The predicted molar refractivity (Wildman–Crippen MR) is 73.9 cm³/mol. The van der Waals surface area contributed by atoms with Crippen molar-refractivity contribution >= 4 is 5.95 Å². The first kappa shape index (κ1) is 12.0. The van der Waals surface area contributed by atoms with E-state index in [1.807, 2.05) is 0 Å². The van der Waals surface area contributed by atoms with Crippen molar-refractivity contribution in [2.24, 2.45) is 13.0 Å². The highest BCUT2D eigenvalue weighted by molar-refractivity contribution is 5.35. The molecule has 0 bridgehead atoms. The molecule has 1 saturated heterocycles. The van der Waals surface area contributed by atoms with Crippen molar-refractivity contribution in [3.63, 3.8) is 0 Å². The highest BCUT2D eigenvalue weighted by Crippen LogP contribution is 2.23. The summed E-state index contributed by atoms with van der Waals surface area (Å²) < 4.78 is 2.27. The summed E-state index contributed by atoms with van der Waals surface area (Å²) in [7, 11) is 2.15. The van der Waals surface area contributed by atoms with Gasteiger partial charge in [-0.3, -0.25) is 0 Å². The lowest BCUT2D eigenvalue weighted by Crippen LogP contribution is -2.14. The standard InChI is InChI=1S/C14H24N4/c1-18-13-5-3-2-4-12(13)17-14(18)16-9-7-11-6-8-15-10-11/h11,15H,2-10H2,1H3,(H,16,17). The second-order valence-corrected chi connectivity index (χ2v) is 5.67. The zero-order chi connectivity index (χ0) is 12.4. The fourth-order valence-electron chi connectivity index (χ4n) is 3.19. The first-order chi connectivity index (χ1) is 8.84. The van der Waals surface area contributed by atoms with Crippen LogP contribution < -0.4 is 10.6 Å². The van der Waals surface area contributed by atoms with E-state index in [4.69, 9.17) is 4.98 Å². The van der Waals surface area contributed by atoms with E-state index >= 15 is 0 Å². The SMILES string of the molecule is Cn1c(NCCC2CCNC2)nc2c1CCCC2. The monoisotopic (exact) mass is 248 g/mol. The topological polar surface area (TPSA) is 41.9 Å². The fraction of sp³-hybridized carbons (Fsp3) is 0.786. The van der Waals surface area contributed by atoms with Crippen LogP contribution in [0.15, 0.2) is 0 Å². The molecule has 100 valence electrons. The third-order valence-corrected chi connectivity index (χ3v) is 4.37. The second kappa shape index (κ2) is 5.31. The summed E-state index contributed by atoms with van der Waals surface area (Å²) in [4.78, 5) is 4.75. The molecule has 1 aromatic rings. The Kier molecular flexibility index (Phi) is 3.55. The zero-order valence-electron chi connectivity index (χ0n) is 11.3. The molecule has 0 spiro atoms. The van der Waals surface area contributed by atoms with Crippen molar-refractivity contribution in [1.82, 2.24) is 14.9 Å². The van der Waals surface area contributed by atoms with Gasteiger partial charge in [0.1, 0.15) is 0 Å². The minimum absolute atomic E-state index is 0.854. The quantitative estimate of drug-likeness (QED) is 0.852. The largest absolute Gasteiger partial charge is 0.356 e. The van der Waals surface area contributed by atoms with Gasteiger partial charge in [-0.05, 0) is 57.5 Å². The number of hydrogen-bond acceptors (Lipinski definition) is 3. The van der Waals surface area contributed by atoms with E-state index in [9.17, 15) is 0 Å². The molecule has 1 aliphatic carbocycles. The van der Waals surface area contributed by atoms with Gasteiger partial charge in [-0.15, -0.1) is 0 Å². The second-order valence-electron chi connectivity index (χ2n) is 5.67. The van der Waals surface area contributed by atoms with Crippen molar-refractivity contribution in [1.29, 1.82) is 0 Å². The molecule has 1 fully saturated rings. The minimum atomic E-state index is 0.854. The Morgan fingerprint density at radius 2 is 2.28 bits per heavy atom. The maximum Gasteiger partial charge on any atom is 0.203 e. The number of nitrogens with one attached hydrogen (secondary N) is 2. The van der Waals surface area contributed by atoms with Crippen molar-refractivity contribution in [3.8, 4) is 0 Å². The summed E-state index contributed by atoms with van der Waals surface area (Å²) in [6, 6.07) is 0. The molecule has 4 heteroatoms. The van der Waals surface area contributed by atoms with Crippen molar-refractivity contribution in [2.45, 2.75) is 38.5 Å². The number of nitrogens with zero attached hydrogens (tertiary/aromatic N) is 2. The van der Waals surface area contributed by atoms with E-state index < -0.39 is 0 Å². The fourth-order valence-corrected chi connectivity index (χ4v) is 3.19. The summed E-state index contributed by atoms with van der Waals surface area (Å²) in [6.45, 7) is 3.44. The summed E-state index contributed by atoms with van der Waals surface area (Å²) in [5.74, 6) is 1.93. The molecular weight excluding hydrogens is 224 g/mol. The molecule has 1 atom stereocenters. The number of fused-ring (bicyclic) bond motifs is 1. The van der Waals surface area contributed by atoms with Gasteiger partial charge >= 0.3 is 0 Å². The minimum Gasteiger partial charge on any atom is -0.356 e. The Hall–Kier alpha value is -1.03. The molecule has 2 N–H and O–H groups in total. The Labute approximate surface area is 109 Å².